The number of nitrogens with two attached hydrogens (primary N) is 1. The second-order valence-corrected chi connectivity index (χ2v) is 5.24. The topological polar surface area (TPSA) is 61.8 Å². The van der Waals surface area contributed by atoms with E-state index in [1.807, 2.05) is 0 Å². The van der Waals surface area contributed by atoms with Crippen LogP contribution in [0.2, 0.25) is 0 Å². The molecular formula is C12H25N3O. The summed E-state index contributed by atoms with van der Waals surface area (Å²) < 4.78 is 0. The van der Waals surface area contributed by atoms with Crippen LogP contribution in [0.5, 0.6) is 0 Å². The van der Waals surface area contributed by atoms with Crippen molar-refractivity contribution in [2.45, 2.75) is 58.0 Å². The zero-order valence-corrected chi connectivity index (χ0v) is 10.7. The Morgan fingerprint density at radius 1 is 1.56 bits per heavy atom. The molecule has 0 aromatic rings. The average molecular weight is 227 g/mol. The second-order valence-electron chi connectivity index (χ2n) is 5.24. The van der Waals surface area contributed by atoms with Crippen molar-refractivity contribution in [1.82, 2.24) is 4.90 Å². The molecule has 0 heterocycles. The van der Waals surface area contributed by atoms with E-state index in [2.05, 4.69) is 31.0 Å². The molecule has 0 aromatic carbocycles. The molecule has 0 bridgehead atoms. The Kier molecular flexibility index (Phi) is 5.06. The first-order valence-corrected chi connectivity index (χ1v) is 6.23. The molecule has 4 heteroatoms. The molecule has 1 rings (SSSR count). The Bertz CT molecular complexity index is 242. The van der Waals surface area contributed by atoms with Gasteiger partial charge in [0.2, 0.25) is 0 Å². The highest BCUT2D eigenvalue weighted by Crippen LogP contribution is 2.27. The minimum absolute atomic E-state index is 0.322. The number of amidine groups is 1. The predicted octanol–water partition coefficient (Wildman–Crippen LogP) is 2.02. The molecule has 1 fully saturated rings. The molecule has 1 aliphatic carbocycles. The summed E-state index contributed by atoms with van der Waals surface area (Å²) in [5.41, 5.74) is 5.54. The minimum atomic E-state index is 0.322. The van der Waals surface area contributed by atoms with E-state index in [1.165, 1.54) is 25.7 Å². The third-order valence-electron chi connectivity index (χ3n) is 3.81. The lowest BCUT2D eigenvalue weighted by Gasteiger charge is -2.37. The molecule has 3 atom stereocenters. The first-order chi connectivity index (χ1) is 7.54. The van der Waals surface area contributed by atoms with E-state index in [0.717, 1.165) is 5.92 Å². The second kappa shape index (κ2) is 6.09. The summed E-state index contributed by atoms with van der Waals surface area (Å²) in [6, 6.07) is 0.997. The van der Waals surface area contributed by atoms with E-state index < -0.39 is 0 Å². The van der Waals surface area contributed by atoms with Gasteiger partial charge in [-0.25, -0.2) is 0 Å². The van der Waals surface area contributed by atoms with Gasteiger partial charge in [0.25, 0.3) is 0 Å². The molecule has 0 aliphatic heterocycles. The largest absolute Gasteiger partial charge is 0.409 e. The zero-order valence-electron chi connectivity index (χ0n) is 10.7. The molecule has 1 aliphatic rings. The van der Waals surface area contributed by atoms with Crippen LogP contribution in [-0.4, -0.2) is 35.1 Å². The molecule has 0 saturated heterocycles. The van der Waals surface area contributed by atoms with Crippen LogP contribution < -0.4 is 5.73 Å². The smallest absolute Gasteiger partial charge is 0.140 e. The van der Waals surface area contributed by atoms with E-state index in [1.54, 1.807) is 0 Å². The monoisotopic (exact) mass is 227 g/mol. The van der Waals surface area contributed by atoms with Crippen molar-refractivity contribution in [2.75, 3.05) is 7.05 Å². The van der Waals surface area contributed by atoms with Crippen LogP contribution in [0.4, 0.5) is 0 Å². The lowest BCUT2D eigenvalue weighted by molar-refractivity contribution is 0.128. The van der Waals surface area contributed by atoms with Gasteiger partial charge < -0.3 is 15.8 Å². The molecule has 0 aromatic heterocycles. The zero-order chi connectivity index (χ0) is 12.1. The lowest BCUT2D eigenvalue weighted by atomic mass is 9.86. The third-order valence-corrected chi connectivity index (χ3v) is 3.81. The summed E-state index contributed by atoms with van der Waals surface area (Å²) in [7, 11) is 2.15. The van der Waals surface area contributed by atoms with Gasteiger partial charge in [-0.3, -0.25) is 0 Å². The van der Waals surface area contributed by atoms with Crippen LogP contribution in [0.25, 0.3) is 0 Å². The van der Waals surface area contributed by atoms with Gasteiger partial charge in [-0.05, 0) is 32.7 Å². The quantitative estimate of drug-likeness (QED) is 0.334. The van der Waals surface area contributed by atoms with Crippen molar-refractivity contribution >= 4 is 5.84 Å². The molecule has 3 N–H and O–H groups in total. The molecule has 0 radical (unpaired) electrons. The Hall–Kier alpha value is -0.770. The molecule has 1 saturated carbocycles. The molecular weight excluding hydrogens is 202 g/mol. The van der Waals surface area contributed by atoms with Gasteiger partial charge in [0, 0.05) is 18.5 Å². The maximum absolute atomic E-state index is 8.56. The number of rotatable bonds is 4. The SMILES string of the molecule is CC1CCCC(N(C)C(C)C/C(N)=N/O)C1. The number of hydrogen-bond acceptors (Lipinski definition) is 3. The Morgan fingerprint density at radius 3 is 2.81 bits per heavy atom. The normalized spacial score (nSPS) is 29.4. The number of hydrogen-bond donors (Lipinski definition) is 2. The van der Waals surface area contributed by atoms with Gasteiger partial charge in [-0.1, -0.05) is 24.9 Å². The summed E-state index contributed by atoms with van der Waals surface area (Å²) in [5.74, 6) is 1.15. The molecule has 3 unspecified atom stereocenters. The predicted molar refractivity (Wildman–Crippen MR) is 66.7 cm³/mol. The third kappa shape index (κ3) is 3.67. The van der Waals surface area contributed by atoms with E-state index >= 15 is 0 Å². The molecule has 16 heavy (non-hydrogen) atoms. The van der Waals surface area contributed by atoms with Gasteiger partial charge >= 0.3 is 0 Å². The van der Waals surface area contributed by atoms with Crippen molar-refractivity contribution in [3.05, 3.63) is 0 Å². The first-order valence-electron chi connectivity index (χ1n) is 6.23. The van der Waals surface area contributed by atoms with E-state index in [4.69, 9.17) is 10.9 Å². The fourth-order valence-corrected chi connectivity index (χ4v) is 2.62. The summed E-state index contributed by atoms with van der Waals surface area (Å²) in [6.45, 7) is 4.46. The van der Waals surface area contributed by atoms with Crippen LogP contribution in [-0.2, 0) is 0 Å². The van der Waals surface area contributed by atoms with Crippen molar-refractivity contribution < 1.29 is 5.21 Å². The van der Waals surface area contributed by atoms with Gasteiger partial charge in [0.05, 0.1) is 0 Å². The van der Waals surface area contributed by atoms with Gasteiger partial charge in [-0.2, -0.15) is 0 Å². The van der Waals surface area contributed by atoms with E-state index in [0.29, 0.717) is 24.3 Å². The summed E-state index contributed by atoms with van der Waals surface area (Å²) >= 11 is 0. The fraction of sp³-hybridized carbons (Fsp3) is 0.917. The summed E-state index contributed by atoms with van der Waals surface area (Å²) in [4.78, 5) is 2.38. The van der Waals surface area contributed by atoms with E-state index in [9.17, 15) is 0 Å². The molecule has 0 amide bonds. The lowest BCUT2D eigenvalue weighted by Crippen LogP contribution is -2.42. The Balaban J connectivity index is 2.45. The highest BCUT2D eigenvalue weighted by Gasteiger charge is 2.25. The van der Waals surface area contributed by atoms with E-state index in [-0.39, 0.29) is 0 Å². The van der Waals surface area contributed by atoms with Crippen LogP contribution in [0, 0.1) is 5.92 Å². The van der Waals surface area contributed by atoms with Crippen molar-refractivity contribution in [3.8, 4) is 0 Å². The average Bonchev–Trinajstić information content (AvgIpc) is 2.27. The Morgan fingerprint density at radius 2 is 2.25 bits per heavy atom. The highest BCUT2D eigenvalue weighted by molar-refractivity contribution is 5.80. The van der Waals surface area contributed by atoms with Crippen molar-refractivity contribution in [3.63, 3.8) is 0 Å². The standard InChI is InChI=1S/C12H25N3O/c1-9-5-4-6-11(7-9)15(3)10(2)8-12(13)14-16/h9-11,16H,4-8H2,1-3H3,(H2,13,14). The van der Waals surface area contributed by atoms with Gasteiger partial charge in [0.15, 0.2) is 0 Å². The highest BCUT2D eigenvalue weighted by atomic mass is 16.4. The summed E-state index contributed by atoms with van der Waals surface area (Å²) in [6.07, 6.45) is 5.88. The molecule has 0 spiro atoms. The minimum Gasteiger partial charge on any atom is -0.409 e. The van der Waals surface area contributed by atoms with Crippen LogP contribution >= 0.6 is 0 Å². The number of nitrogens with zero attached hydrogens (tertiary/aromatic N) is 2. The van der Waals surface area contributed by atoms with Crippen molar-refractivity contribution in [1.29, 1.82) is 0 Å². The van der Waals surface area contributed by atoms with Crippen LogP contribution in [0.15, 0.2) is 5.16 Å². The molecule has 94 valence electrons. The van der Waals surface area contributed by atoms with Gasteiger partial charge in [-0.15, -0.1) is 0 Å². The van der Waals surface area contributed by atoms with Crippen LogP contribution in [0.1, 0.15) is 46.0 Å². The van der Waals surface area contributed by atoms with Crippen LogP contribution in [0.3, 0.4) is 0 Å². The maximum Gasteiger partial charge on any atom is 0.140 e. The fourth-order valence-electron chi connectivity index (χ4n) is 2.62. The summed E-state index contributed by atoms with van der Waals surface area (Å²) in [5, 5.41) is 11.6. The van der Waals surface area contributed by atoms with Crippen molar-refractivity contribution in [2.24, 2.45) is 16.8 Å². The van der Waals surface area contributed by atoms with Gasteiger partial charge in [0.1, 0.15) is 5.84 Å². The Labute approximate surface area is 98.5 Å². The maximum atomic E-state index is 8.56. The molecule has 4 nitrogen and oxygen atoms in total. The first kappa shape index (κ1) is 13.3. The number of oxime groups is 1.